The molecule has 2 nitrogen and oxygen atoms in total. The molecule has 1 rings (SSSR count). The zero-order valence-electron chi connectivity index (χ0n) is 6.95. The zero-order chi connectivity index (χ0) is 8.97. The number of para-hydroxylation sites is 1. The van der Waals surface area contributed by atoms with E-state index in [1.807, 2.05) is 31.2 Å². The van der Waals surface area contributed by atoms with E-state index in [2.05, 4.69) is 16.6 Å². The summed E-state index contributed by atoms with van der Waals surface area (Å²) in [6.45, 7) is 1.90. The monoisotopic (exact) mass is 177 g/mol. The molecule has 0 atom stereocenters. The lowest BCUT2D eigenvalue weighted by molar-refractivity contribution is 0.607. The maximum atomic E-state index is 9.47. The fourth-order valence-corrected chi connectivity index (χ4v) is 1.20. The topological polar surface area (TPSA) is 30.6 Å². The predicted octanol–water partition coefficient (Wildman–Crippen LogP) is 1.45. The Morgan fingerprint density at radius 2 is 2.17 bits per heavy atom. The summed E-state index contributed by atoms with van der Waals surface area (Å²) in [7, 11) is 0. The fourth-order valence-electron chi connectivity index (χ4n) is 0.998. The van der Waals surface area contributed by atoms with E-state index in [1.54, 1.807) is 0 Å². The van der Waals surface area contributed by atoms with Crippen LogP contribution in [0.25, 0.3) is 0 Å². The highest BCUT2D eigenvalue weighted by molar-refractivity contribution is 6.03. The summed E-state index contributed by atoms with van der Waals surface area (Å²) in [5.41, 5.74) is 0.759. The van der Waals surface area contributed by atoms with Gasteiger partial charge in [0.05, 0.1) is 12.2 Å². The van der Waals surface area contributed by atoms with Crippen molar-refractivity contribution in [3.63, 3.8) is 0 Å². The molecule has 0 saturated heterocycles. The van der Waals surface area contributed by atoms with E-state index < -0.39 is 0 Å². The second-order valence-corrected chi connectivity index (χ2v) is 2.65. The first kappa shape index (κ1) is 9.31. The van der Waals surface area contributed by atoms with Crippen molar-refractivity contribution in [3.05, 3.63) is 29.8 Å². The molecule has 0 aromatic heterocycles. The van der Waals surface area contributed by atoms with E-state index in [-0.39, 0.29) is 0 Å². The average molecular weight is 177 g/mol. The largest absolute Gasteiger partial charge is 0.653 e. The molecule has 60 valence electrons. The van der Waals surface area contributed by atoms with Crippen LogP contribution in [0.5, 0.6) is 5.75 Å². The van der Waals surface area contributed by atoms with Crippen LogP contribution in [0.2, 0.25) is 0 Å². The third-order valence-corrected chi connectivity index (χ3v) is 1.91. The van der Waals surface area contributed by atoms with Gasteiger partial charge in [-0.05, 0) is 12.1 Å². The summed E-state index contributed by atoms with van der Waals surface area (Å²) in [6, 6.07) is 7.38. The standard InChI is InChI=1S/C9H10O2.Al/c1-2-8(10)7-5-3-4-6-9(7)11;/h3-6,11H,2H2,1H3;/q;+1. The molecule has 0 aliphatic heterocycles. The number of carbonyl (C=O) groups excluding carboxylic acids is 1. The maximum absolute atomic E-state index is 9.47. The summed E-state index contributed by atoms with van der Waals surface area (Å²) < 4.78 is 5.00. The highest BCUT2D eigenvalue weighted by Crippen LogP contribution is 2.17. The average Bonchev–Trinajstić information content (AvgIpc) is 2.16. The molecule has 0 aliphatic rings. The summed E-state index contributed by atoms with van der Waals surface area (Å²) in [5, 5.41) is 0. The molecule has 0 saturated carbocycles. The van der Waals surface area contributed by atoms with Gasteiger partial charge in [-0.3, -0.25) is 4.79 Å². The lowest BCUT2D eigenvalue weighted by atomic mass is 10.1. The lowest BCUT2D eigenvalue weighted by Gasteiger charge is -2.04. The summed E-state index contributed by atoms with van der Waals surface area (Å²) in [4.78, 5) is 9.47. The fraction of sp³-hybridized carbons (Fsp3) is 0.222. The molecule has 1 aromatic carbocycles. The number of benzene rings is 1. The molecule has 1 aromatic rings. The second-order valence-electron chi connectivity index (χ2n) is 2.41. The van der Waals surface area contributed by atoms with Gasteiger partial charge in [0.1, 0.15) is 5.56 Å². The number of ketones is 1. The first-order valence-corrected chi connectivity index (χ1v) is 4.27. The molecule has 0 spiro atoms. The van der Waals surface area contributed by atoms with Crippen molar-refractivity contribution in [2.45, 2.75) is 13.3 Å². The number of hydrogen-bond donors (Lipinski definition) is 0. The molecular formula is C9H10AlO2+. The Balaban J connectivity index is 3.04. The van der Waals surface area contributed by atoms with E-state index in [0.717, 1.165) is 5.56 Å². The van der Waals surface area contributed by atoms with Crippen LogP contribution in [-0.4, -0.2) is 27.2 Å². The van der Waals surface area contributed by atoms with Crippen LogP contribution in [-0.2, 0) is 0 Å². The van der Waals surface area contributed by atoms with Gasteiger partial charge in [0.2, 0.25) is 0 Å². The minimum Gasteiger partial charge on any atom is -0.653 e. The van der Waals surface area contributed by atoms with Gasteiger partial charge in [-0.1, -0.05) is 19.1 Å². The first-order chi connectivity index (χ1) is 5.79. The van der Waals surface area contributed by atoms with Crippen LogP contribution in [0.15, 0.2) is 24.3 Å². The Bertz CT molecular complexity index is 284. The minimum absolute atomic E-state index is 0.355. The zero-order valence-corrected chi connectivity index (χ0v) is 8.10. The van der Waals surface area contributed by atoms with Gasteiger partial charge < -0.3 is 3.79 Å². The van der Waals surface area contributed by atoms with Crippen molar-refractivity contribution < 1.29 is 8.58 Å². The Labute approximate surface area is 80.3 Å². The quantitative estimate of drug-likeness (QED) is 0.390. The highest BCUT2D eigenvalue weighted by Gasteiger charge is 2.13. The molecular weight excluding hydrogens is 167 g/mol. The van der Waals surface area contributed by atoms with Crippen LogP contribution in [0, 0.1) is 0 Å². The number of hydrogen-bond acceptors (Lipinski definition) is 1. The van der Waals surface area contributed by atoms with Gasteiger partial charge in [0.25, 0.3) is 0 Å². The van der Waals surface area contributed by atoms with Gasteiger partial charge in [-0.2, -0.15) is 0 Å². The van der Waals surface area contributed by atoms with Crippen molar-refractivity contribution in [3.8, 4) is 5.75 Å². The Kier molecular flexibility index (Phi) is 3.34. The minimum atomic E-state index is 0.355. The van der Waals surface area contributed by atoms with E-state index in [0.29, 0.717) is 18.0 Å². The number of rotatable bonds is 3. The molecule has 0 aliphatic carbocycles. The normalized spacial score (nSPS) is 9.42. The van der Waals surface area contributed by atoms with Gasteiger partial charge in [0.15, 0.2) is 0 Å². The van der Waals surface area contributed by atoms with Gasteiger partial charge >= 0.3 is 22.4 Å². The van der Waals surface area contributed by atoms with Crippen molar-refractivity contribution in [2.24, 2.45) is 0 Å². The van der Waals surface area contributed by atoms with E-state index in [1.165, 1.54) is 0 Å². The molecule has 3 heteroatoms. The molecule has 0 amide bonds. The van der Waals surface area contributed by atoms with E-state index >= 15 is 0 Å². The molecule has 2 radical (unpaired) electrons. The molecule has 0 bridgehead atoms. The van der Waals surface area contributed by atoms with E-state index in [9.17, 15) is 4.79 Å². The first-order valence-electron chi connectivity index (χ1n) is 3.80. The van der Waals surface area contributed by atoms with Crippen LogP contribution < -0.4 is 3.79 Å². The third kappa shape index (κ3) is 1.88. The van der Waals surface area contributed by atoms with Gasteiger partial charge in [-0.15, -0.1) is 0 Å². The lowest BCUT2D eigenvalue weighted by Crippen LogP contribution is -2.01. The second kappa shape index (κ2) is 4.30. The van der Waals surface area contributed by atoms with Gasteiger partial charge in [-0.25, -0.2) is 0 Å². The van der Waals surface area contributed by atoms with E-state index in [4.69, 9.17) is 3.79 Å². The van der Waals surface area contributed by atoms with Crippen LogP contribution >= 0.6 is 0 Å². The molecule has 0 fully saturated rings. The smallest absolute Gasteiger partial charge is 0.482 e. The molecule has 0 heterocycles. The summed E-state index contributed by atoms with van der Waals surface area (Å²) in [6.07, 6.45) is 0.616. The molecule has 1 N–H and O–H groups in total. The molecule has 0 unspecified atom stereocenters. The summed E-state index contributed by atoms with van der Waals surface area (Å²) >= 11 is 2.17. The Morgan fingerprint density at radius 1 is 1.50 bits per heavy atom. The van der Waals surface area contributed by atoms with Crippen LogP contribution in [0.1, 0.15) is 18.9 Å². The van der Waals surface area contributed by atoms with Crippen molar-refractivity contribution in [1.29, 1.82) is 0 Å². The van der Waals surface area contributed by atoms with Crippen LogP contribution in [0.4, 0.5) is 0 Å². The SMILES string of the molecule is CCC(=[OH+])c1ccccc1[O][Al]. The van der Waals surface area contributed by atoms with Crippen molar-refractivity contribution in [1.82, 2.24) is 0 Å². The summed E-state index contributed by atoms with van der Waals surface area (Å²) in [5.74, 6) is 1.04. The van der Waals surface area contributed by atoms with Crippen LogP contribution in [0.3, 0.4) is 0 Å². The van der Waals surface area contributed by atoms with Crippen molar-refractivity contribution in [2.75, 3.05) is 0 Å². The third-order valence-electron chi connectivity index (χ3n) is 1.66. The highest BCUT2D eigenvalue weighted by atomic mass is 27.1. The van der Waals surface area contributed by atoms with Crippen molar-refractivity contribution >= 4 is 22.4 Å². The maximum Gasteiger partial charge on any atom is 0.482 e. The predicted molar refractivity (Wildman–Crippen MR) is 49.2 cm³/mol. The Hall–Kier alpha value is -0.778. The molecule has 12 heavy (non-hydrogen) atoms. The Morgan fingerprint density at radius 3 is 2.75 bits per heavy atom. The van der Waals surface area contributed by atoms with Gasteiger partial charge in [0, 0.05) is 0 Å².